The lowest BCUT2D eigenvalue weighted by Gasteiger charge is -2.20. The molecule has 0 fully saturated rings. The predicted octanol–water partition coefficient (Wildman–Crippen LogP) is 1.28. The minimum atomic E-state index is -1.55. The third-order valence-electron chi connectivity index (χ3n) is 3.46. The van der Waals surface area contributed by atoms with E-state index in [0.29, 0.717) is 5.56 Å². The number of carboxylic acids is 1. The Morgan fingerprint density at radius 2 is 1.73 bits per heavy atom. The van der Waals surface area contributed by atoms with E-state index in [-0.39, 0.29) is 11.4 Å². The highest BCUT2D eigenvalue weighted by Crippen LogP contribution is 2.18. The van der Waals surface area contributed by atoms with Gasteiger partial charge in [-0.2, -0.15) is 0 Å². The normalized spacial score (nSPS) is 12.7. The molecule has 2 aromatic carbocycles. The number of amides is 1. The van der Waals surface area contributed by atoms with Crippen LogP contribution in [-0.4, -0.2) is 39.7 Å². The molecule has 0 saturated carbocycles. The van der Waals surface area contributed by atoms with Crippen molar-refractivity contribution in [3.63, 3.8) is 0 Å². The molecule has 0 saturated heterocycles. The summed E-state index contributed by atoms with van der Waals surface area (Å²) < 4.78 is 5.16. The number of ether oxygens (including phenoxy) is 1. The van der Waals surface area contributed by atoms with Crippen molar-refractivity contribution in [2.75, 3.05) is 6.61 Å². The third kappa shape index (κ3) is 5.02. The van der Waals surface area contributed by atoms with Gasteiger partial charge >= 0.3 is 5.97 Å². The highest BCUT2D eigenvalue weighted by Gasteiger charge is 2.29. The number of non-ortho nitro benzene ring substituents is 1. The molecular formula is C17H16N2O7. The highest BCUT2D eigenvalue weighted by atomic mass is 16.6. The quantitative estimate of drug-likeness (QED) is 0.476. The van der Waals surface area contributed by atoms with Crippen molar-refractivity contribution >= 4 is 17.6 Å². The summed E-state index contributed by atoms with van der Waals surface area (Å²) in [6, 6.07) is 11.6. The van der Waals surface area contributed by atoms with E-state index < -0.39 is 35.6 Å². The van der Waals surface area contributed by atoms with Gasteiger partial charge in [-0.3, -0.25) is 14.9 Å². The van der Waals surface area contributed by atoms with Crippen LogP contribution in [0, 0.1) is 10.1 Å². The van der Waals surface area contributed by atoms with Crippen molar-refractivity contribution in [1.29, 1.82) is 0 Å². The first-order chi connectivity index (χ1) is 12.4. The molecule has 0 aromatic heterocycles. The topological polar surface area (TPSA) is 139 Å². The van der Waals surface area contributed by atoms with Gasteiger partial charge in [-0.1, -0.05) is 30.3 Å². The largest absolute Gasteiger partial charge is 0.484 e. The Kier molecular flexibility index (Phi) is 6.23. The van der Waals surface area contributed by atoms with Gasteiger partial charge in [0.1, 0.15) is 11.9 Å². The second-order valence-electron chi connectivity index (χ2n) is 5.28. The van der Waals surface area contributed by atoms with E-state index in [0.717, 1.165) is 0 Å². The summed E-state index contributed by atoms with van der Waals surface area (Å²) >= 11 is 0. The molecule has 0 spiro atoms. The summed E-state index contributed by atoms with van der Waals surface area (Å²) in [4.78, 5) is 33.3. The molecule has 0 unspecified atom stereocenters. The number of nitro benzene ring substituents is 1. The SMILES string of the molecule is O=C(COc1ccc([N+](=O)[O-])cc1)N[C@@H](C(=O)O)[C@H](O)c1ccccc1. The summed E-state index contributed by atoms with van der Waals surface area (Å²) in [7, 11) is 0. The number of aliphatic hydroxyl groups excluding tert-OH is 1. The van der Waals surface area contributed by atoms with E-state index in [2.05, 4.69) is 5.32 Å². The Bertz CT molecular complexity index is 777. The van der Waals surface area contributed by atoms with Crippen LogP contribution in [0.5, 0.6) is 5.75 Å². The fraction of sp³-hybridized carbons (Fsp3) is 0.176. The van der Waals surface area contributed by atoms with Crippen LogP contribution in [0.15, 0.2) is 54.6 Å². The fourth-order valence-corrected chi connectivity index (χ4v) is 2.15. The molecule has 0 radical (unpaired) electrons. The molecule has 9 heteroatoms. The first-order valence-corrected chi connectivity index (χ1v) is 7.51. The monoisotopic (exact) mass is 360 g/mol. The number of benzene rings is 2. The maximum Gasteiger partial charge on any atom is 0.329 e. The van der Waals surface area contributed by atoms with Crippen molar-refractivity contribution in [2.45, 2.75) is 12.1 Å². The molecule has 2 aromatic rings. The Morgan fingerprint density at radius 3 is 2.27 bits per heavy atom. The summed E-state index contributed by atoms with van der Waals surface area (Å²) in [5, 5.41) is 32.2. The highest BCUT2D eigenvalue weighted by molar-refractivity contribution is 5.85. The molecule has 1 amide bonds. The summed E-state index contributed by atoms with van der Waals surface area (Å²) in [6.45, 7) is -0.511. The molecular weight excluding hydrogens is 344 g/mol. The number of hydrogen-bond donors (Lipinski definition) is 3. The van der Waals surface area contributed by atoms with E-state index in [1.165, 1.54) is 24.3 Å². The smallest absolute Gasteiger partial charge is 0.329 e. The molecule has 2 rings (SSSR count). The third-order valence-corrected chi connectivity index (χ3v) is 3.46. The molecule has 0 aliphatic heterocycles. The van der Waals surface area contributed by atoms with Crippen molar-refractivity contribution in [2.24, 2.45) is 0 Å². The molecule has 26 heavy (non-hydrogen) atoms. The van der Waals surface area contributed by atoms with Gasteiger partial charge in [0.2, 0.25) is 0 Å². The standard InChI is InChI=1S/C17H16N2O7/c20-14(10-26-13-8-6-12(7-9-13)19(24)25)18-15(17(22)23)16(21)11-4-2-1-3-5-11/h1-9,15-16,21H,10H2,(H,18,20)(H,22,23)/t15-,16-/m1/s1. The van der Waals surface area contributed by atoms with Crippen molar-refractivity contribution in [3.05, 3.63) is 70.3 Å². The van der Waals surface area contributed by atoms with E-state index in [4.69, 9.17) is 4.74 Å². The number of carboxylic acid groups (broad SMARTS) is 1. The van der Waals surface area contributed by atoms with E-state index >= 15 is 0 Å². The van der Waals surface area contributed by atoms with Crippen LogP contribution in [0.25, 0.3) is 0 Å². The van der Waals surface area contributed by atoms with Crippen LogP contribution in [0.3, 0.4) is 0 Å². The van der Waals surface area contributed by atoms with Gasteiger partial charge in [0.15, 0.2) is 12.6 Å². The van der Waals surface area contributed by atoms with Crippen LogP contribution in [0.4, 0.5) is 5.69 Å². The molecule has 0 aliphatic rings. The number of nitrogens with one attached hydrogen (secondary N) is 1. The van der Waals surface area contributed by atoms with Gasteiger partial charge in [0, 0.05) is 12.1 Å². The van der Waals surface area contributed by atoms with Crippen molar-refractivity contribution < 1.29 is 29.5 Å². The molecule has 3 N–H and O–H groups in total. The lowest BCUT2D eigenvalue weighted by molar-refractivity contribution is -0.384. The fourth-order valence-electron chi connectivity index (χ4n) is 2.15. The van der Waals surface area contributed by atoms with E-state index in [1.54, 1.807) is 30.3 Å². The minimum Gasteiger partial charge on any atom is -0.484 e. The first-order valence-electron chi connectivity index (χ1n) is 7.51. The second kappa shape index (κ2) is 8.58. The maximum atomic E-state index is 11.9. The zero-order chi connectivity index (χ0) is 19.1. The van der Waals surface area contributed by atoms with Crippen LogP contribution in [-0.2, 0) is 9.59 Å². The van der Waals surface area contributed by atoms with Crippen LogP contribution < -0.4 is 10.1 Å². The van der Waals surface area contributed by atoms with Gasteiger partial charge in [-0.25, -0.2) is 4.79 Å². The van der Waals surface area contributed by atoms with Crippen LogP contribution in [0.2, 0.25) is 0 Å². The minimum absolute atomic E-state index is 0.126. The molecule has 136 valence electrons. The Hall–Kier alpha value is -3.46. The second-order valence-corrected chi connectivity index (χ2v) is 5.28. The maximum absolute atomic E-state index is 11.9. The summed E-state index contributed by atoms with van der Waals surface area (Å²) in [5.74, 6) is -1.95. The van der Waals surface area contributed by atoms with E-state index in [9.17, 15) is 29.9 Å². The molecule has 0 bridgehead atoms. The number of nitrogens with zero attached hydrogens (tertiary/aromatic N) is 1. The number of carbonyl (C=O) groups is 2. The lowest BCUT2D eigenvalue weighted by atomic mass is 10.0. The van der Waals surface area contributed by atoms with E-state index in [1.807, 2.05) is 0 Å². The summed E-state index contributed by atoms with van der Waals surface area (Å²) in [5.41, 5.74) is 0.218. The molecule has 9 nitrogen and oxygen atoms in total. The number of nitro groups is 1. The summed E-state index contributed by atoms with van der Waals surface area (Å²) in [6.07, 6.45) is -1.43. The number of carbonyl (C=O) groups excluding carboxylic acids is 1. The molecule has 0 heterocycles. The number of aliphatic hydroxyl groups is 1. The Morgan fingerprint density at radius 1 is 1.12 bits per heavy atom. The zero-order valence-electron chi connectivity index (χ0n) is 13.4. The number of hydrogen-bond acceptors (Lipinski definition) is 6. The lowest BCUT2D eigenvalue weighted by Crippen LogP contribution is -2.46. The Labute approximate surface area is 148 Å². The van der Waals surface area contributed by atoms with Gasteiger partial charge in [-0.15, -0.1) is 0 Å². The molecule has 0 aliphatic carbocycles. The average Bonchev–Trinajstić information content (AvgIpc) is 2.64. The van der Waals surface area contributed by atoms with Gasteiger partial charge in [0.05, 0.1) is 4.92 Å². The zero-order valence-corrected chi connectivity index (χ0v) is 13.4. The van der Waals surface area contributed by atoms with Crippen LogP contribution in [0.1, 0.15) is 11.7 Å². The van der Waals surface area contributed by atoms with Gasteiger partial charge in [-0.05, 0) is 17.7 Å². The van der Waals surface area contributed by atoms with Gasteiger partial charge in [0.25, 0.3) is 11.6 Å². The average molecular weight is 360 g/mol. The van der Waals surface area contributed by atoms with Crippen molar-refractivity contribution in [1.82, 2.24) is 5.32 Å². The van der Waals surface area contributed by atoms with Crippen LogP contribution >= 0.6 is 0 Å². The predicted molar refractivity (Wildman–Crippen MR) is 89.6 cm³/mol. The molecule has 2 atom stereocenters. The van der Waals surface area contributed by atoms with Crippen molar-refractivity contribution in [3.8, 4) is 5.75 Å². The Balaban J connectivity index is 1.95. The first kappa shape index (κ1) is 18.9. The van der Waals surface area contributed by atoms with Gasteiger partial charge < -0.3 is 20.3 Å². The number of aliphatic carboxylic acids is 1. The number of rotatable bonds is 8.